The number of nitrogens with zero attached hydrogens (tertiary/aromatic N) is 3. The number of allylic oxidation sites excluding steroid dienone is 2. The van der Waals surface area contributed by atoms with Gasteiger partial charge in [-0.25, -0.2) is 0 Å². The molecule has 0 aromatic heterocycles. The van der Waals surface area contributed by atoms with Gasteiger partial charge in [0.25, 0.3) is 0 Å². The van der Waals surface area contributed by atoms with E-state index < -0.39 is 0 Å². The molecule has 6 nitrogen and oxygen atoms in total. The lowest BCUT2D eigenvalue weighted by molar-refractivity contribution is 0.00409. The van der Waals surface area contributed by atoms with Crippen molar-refractivity contribution in [3.05, 3.63) is 11.6 Å². The van der Waals surface area contributed by atoms with E-state index in [0.717, 1.165) is 31.4 Å². The van der Waals surface area contributed by atoms with Crippen molar-refractivity contribution in [2.45, 2.75) is 58.3 Å². The molecule has 0 aliphatic heterocycles. The molecule has 5 atom stereocenters. The molecule has 0 bridgehead atoms. The zero-order valence-electron chi connectivity index (χ0n) is 17.6. The second kappa shape index (κ2) is 7.53. The van der Waals surface area contributed by atoms with Crippen LogP contribution in [0.25, 0.3) is 0 Å². The van der Waals surface area contributed by atoms with E-state index in [0.29, 0.717) is 17.8 Å². The van der Waals surface area contributed by atoms with Crippen molar-refractivity contribution >= 4 is 17.6 Å². The van der Waals surface area contributed by atoms with Crippen LogP contribution in [0.4, 0.5) is 0 Å². The van der Waals surface area contributed by atoms with Gasteiger partial charge < -0.3 is 14.5 Å². The SMILES string of the molecule is CO/N=C1\C=C2CC[C@@H]3[C@H](CC[C@]4(C)/C(=N\OC)CC[C@@H]34)[C@@]2(/C=N/OC)CC1. The Bertz CT molecular complexity index is 729. The van der Waals surface area contributed by atoms with Gasteiger partial charge in [0.05, 0.1) is 17.6 Å². The first-order valence-corrected chi connectivity index (χ1v) is 10.6. The smallest absolute Gasteiger partial charge is 0.106 e. The number of oxime groups is 3. The van der Waals surface area contributed by atoms with E-state index in [1.165, 1.54) is 37.0 Å². The van der Waals surface area contributed by atoms with Crippen molar-refractivity contribution in [1.29, 1.82) is 0 Å². The van der Waals surface area contributed by atoms with Crippen LogP contribution in [0.15, 0.2) is 27.1 Å². The summed E-state index contributed by atoms with van der Waals surface area (Å²) in [4.78, 5) is 15.4. The molecule has 3 fully saturated rings. The van der Waals surface area contributed by atoms with Gasteiger partial charge >= 0.3 is 0 Å². The molecule has 4 rings (SSSR count). The van der Waals surface area contributed by atoms with Gasteiger partial charge in [0.1, 0.15) is 21.3 Å². The van der Waals surface area contributed by atoms with Crippen LogP contribution in [0, 0.1) is 28.6 Å². The summed E-state index contributed by atoms with van der Waals surface area (Å²) in [6.45, 7) is 2.42. The third-order valence-corrected chi connectivity index (χ3v) is 8.12. The topological polar surface area (TPSA) is 64.8 Å². The quantitative estimate of drug-likeness (QED) is 0.524. The number of hydrogen-bond acceptors (Lipinski definition) is 6. The van der Waals surface area contributed by atoms with E-state index in [2.05, 4.69) is 34.7 Å². The fraction of sp³-hybridized carbons (Fsp3) is 0.773. The van der Waals surface area contributed by atoms with Crippen molar-refractivity contribution in [2.24, 2.45) is 44.1 Å². The molecule has 0 aromatic rings. The predicted molar refractivity (Wildman–Crippen MR) is 110 cm³/mol. The molecule has 3 saturated carbocycles. The minimum atomic E-state index is -0.00578. The molecule has 0 unspecified atom stereocenters. The summed E-state index contributed by atoms with van der Waals surface area (Å²) >= 11 is 0. The summed E-state index contributed by atoms with van der Waals surface area (Å²) in [7, 11) is 4.93. The Balaban J connectivity index is 1.71. The molecule has 0 radical (unpaired) electrons. The number of hydrogen-bond donors (Lipinski definition) is 0. The summed E-state index contributed by atoms with van der Waals surface area (Å²) in [5.41, 5.74) is 3.97. The fourth-order valence-corrected chi connectivity index (χ4v) is 6.91. The van der Waals surface area contributed by atoms with Crippen LogP contribution >= 0.6 is 0 Å². The molecule has 0 spiro atoms. The molecule has 154 valence electrons. The van der Waals surface area contributed by atoms with Crippen LogP contribution in [0.3, 0.4) is 0 Å². The van der Waals surface area contributed by atoms with Crippen LogP contribution in [0.2, 0.25) is 0 Å². The maximum Gasteiger partial charge on any atom is 0.106 e. The van der Waals surface area contributed by atoms with Gasteiger partial charge in [-0.2, -0.15) is 0 Å². The van der Waals surface area contributed by atoms with Crippen LogP contribution in [0.1, 0.15) is 58.3 Å². The van der Waals surface area contributed by atoms with Crippen molar-refractivity contribution in [2.75, 3.05) is 21.3 Å². The van der Waals surface area contributed by atoms with Gasteiger partial charge in [-0.05, 0) is 75.2 Å². The molecule has 0 N–H and O–H groups in total. The van der Waals surface area contributed by atoms with Crippen LogP contribution in [0.5, 0.6) is 0 Å². The second-order valence-corrected chi connectivity index (χ2v) is 9.02. The second-order valence-electron chi connectivity index (χ2n) is 9.02. The number of rotatable bonds is 4. The summed E-state index contributed by atoms with van der Waals surface area (Å²) in [5.74, 6) is 1.99. The molecule has 0 aromatic carbocycles. The maximum absolute atomic E-state index is 5.19. The highest BCUT2D eigenvalue weighted by molar-refractivity contribution is 5.98. The average molecular weight is 388 g/mol. The lowest BCUT2D eigenvalue weighted by Gasteiger charge is -2.56. The van der Waals surface area contributed by atoms with Crippen molar-refractivity contribution < 1.29 is 14.5 Å². The Hall–Kier alpha value is -1.85. The third-order valence-electron chi connectivity index (χ3n) is 8.12. The molecule has 0 heterocycles. The molecule has 6 heteroatoms. The first kappa shape index (κ1) is 19.5. The predicted octanol–water partition coefficient (Wildman–Crippen LogP) is 4.57. The zero-order valence-corrected chi connectivity index (χ0v) is 17.6. The Morgan fingerprint density at radius 2 is 1.75 bits per heavy atom. The summed E-state index contributed by atoms with van der Waals surface area (Å²) in [5, 5.41) is 12.9. The minimum Gasteiger partial charge on any atom is -0.399 e. The van der Waals surface area contributed by atoms with Crippen LogP contribution in [-0.2, 0) is 14.5 Å². The van der Waals surface area contributed by atoms with E-state index in [4.69, 9.17) is 14.5 Å². The zero-order chi connectivity index (χ0) is 19.8. The normalized spacial score (nSPS) is 42.7. The molecule has 0 saturated heterocycles. The van der Waals surface area contributed by atoms with E-state index in [1.807, 2.05) is 0 Å². The maximum atomic E-state index is 5.19. The van der Waals surface area contributed by atoms with Gasteiger partial charge in [0, 0.05) is 10.8 Å². The first-order valence-electron chi connectivity index (χ1n) is 10.6. The minimum absolute atomic E-state index is 0.00578. The highest BCUT2D eigenvalue weighted by atomic mass is 16.6. The fourth-order valence-electron chi connectivity index (χ4n) is 6.91. The molecule has 28 heavy (non-hydrogen) atoms. The Kier molecular flexibility index (Phi) is 5.23. The van der Waals surface area contributed by atoms with Crippen molar-refractivity contribution in [3.63, 3.8) is 0 Å². The Labute approximate surface area is 168 Å². The average Bonchev–Trinajstić information content (AvgIpc) is 3.03. The highest BCUT2D eigenvalue weighted by Crippen LogP contribution is 2.64. The van der Waals surface area contributed by atoms with E-state index in [1.54, 1.807) is 21.3 Å². The van der Waals surface area contributed by atoms with E-state index >= 15 is 0 Å². The highest BCUT2D eigenvalue weighted by Gasteiger charge is 2.59. The summed E-state index contributed by atoms with van der Waals surface area (Å²) < 4.78 is 0. The van der Waals surface area contributed by atoms with Gasteiger partial charge in [0.15, 0.2) is 0 Å². The molecular weight excluding hydrogens is 354 g/mol. The monoisotopic (exact) mass is 387 g/mol. The van der Waals surface area contributed by atoms with Crippen LogP contribution in [-0.4, -0.2) is 39.0 Å². The largest absolute Gasteiger partial charge is 0.399 e. The standard InChI is InChI=1S/C22H33N3O3/c1-21-11-10-19-17(18(21)7-8-20(21)25-28-4)6-5-15-13-16(24-27-3)9-12-22(15,19)14-23-26-2/h13-14,17-19H,5-12H2,1-4H3/b23-14+,24-16-,25-20-/t17-,18-,19-,21-,22+/m0/s1. The first-order chi connectivity index (χ1) is 13.6. The van der Waals surface area contributed by atoms with Crippen molar-refractivity contribution in [3.8, 4) is 0 Å². The summed E-state index contributed by atoms with van der Waals surface area (Å²) in [6, 6.07) is 0. The Morgan fingerprint density at radius 1 is 0.929 bits per heavy atom. The van der Waals surface area contributed by atoms with E-state index in [-0.39, 0.29) is 10.8 Å². The lowest BCUT2D eigenvalue weighted by Crippen LogP contribution is -2.52. The summed E-state index contributed by atoms with van der Waals surface area (Å²) in [6.07, 6.45) is 13.4. The molecule has 4 aliphatic rings. The number of fused-ring (bicyclic) bond motifs is 5. The van der Waals surface area contributed by atoms with Crippen molar-refractivity contribution in [1.82, 2.24) is 0 Å². The van der Waals surface area contributed by atoms with Crippen LogP contribution < -0.4 is 0 Å². The van der Waals surface area contributed by atoms with E-state index in [9.17, 15) is 0 Å². The lowest BCUT2D eigenvalue weighted by atomic mass is 9.47. The Morgan fingerprint density at radius 3 is 2.50 bits per heavy atom. The van der Waals surface area contributed by atoms with Gasteiger partial charge in [-0.3, -0.25) is 0 Å². The molecule has 0 amide bonds. The van der Waals surface area contributed by atoms with Gasteiger partial charge in [-0.1, -0.05) is 28.0 Å². The molecular formula is C22H33N3O3. The third kappa shape index (κ3) is 2.87. The van der Waals surface area contributed by atoms with Gasteiger partial charge in [0.2, 0.25) is 0 Å². The van der Waals surface area contributed by atoms with Gasteiger partial charge in [-0.15, -0.1) is 0 Å². The molecule has 4 aliphatic carbocycles.